The predicted octanol–water partition coefficient (Wildman–Crippen LogP) is 1.33. The molecule has 10 heavy (non-hydrogen) atoms. The molecule has 3 aliphatic rings. The van der Waals surface area contributed by atoms with Crippen LogP contribution in [0.4, 0.5) is 0 Å². The van der Waals surface area contributed by atoms with Gasteiger partial charge in [0, 0.05) is 12.8 Å². The summed E-state index contributed by atoms with van der Waals surface area (Å²) in [5.41, 5.74) is 0. The van der Waals surface area contributed by atoms with Gasteiger partial charge >= 0.3 is 0 Å². The summed E-state index contributed by atoms with van der Waals surface area (Å²) in [6.07, 6.45) is 3.42. The fourth-order valence-corrected chi connectivity index (χ4v) is 1.58. The molecule has 1 fully saturated rings. The van der Waals surface area contributed by atoms with Crippen molar-refractivity contribution in [1.29, 1.82) is 0 Å². The lowest BCUT2D eigenvalue weighted by molar-refractivity contribution is -0.119. The number of carbonyl (C=O) groups excluding carboxylic acids is 1. The van der Waals surface area contributed by atoms with Gasteiger partial charge in [-0.3, -0.25) is 4.79 Å². The maximum absolute atomic E-state index is 11.0. The van der Waals surface area contributed by atoms with Crippen LogP contribution in [-0.2, 0) is 4.79 Å². The Hall–Kier alpha value is -0.730. The van der Waals surface area contributed by atoms with Crippen molar-refractivity contribution in [3.8, 4) is 0 Å². The van der Waals surface area contributed by atoms with E-state index in [-0.39, 0.29) is 12.1 Å². The number of fused-ring (bicyclic) bond motifs is 3. The summed E-state index contributed by atoms with van der Waals surface area (Å²) in [5, 5.41) is 8.09. The number of nitrogens with zero attached hydrogens (tertiary/aromatic N) is 2. The van der Waals surface area contributed by atoms with Gasteiger partial charge in [-0.1, -0.05) is 0 Å². The van der Waals surface area contributed by atoms with E-state index < -0.39 is 0 Å². The molecule has 0 amide bonds. The minimum atomic E-state index is 0.228. The van der Waals surface area contributed by atoms with E-state index in [2.05, 4.69) is 10.2 Å². The zero-order valence-corrected chi connectivity index (χ0v) is 5.79. The number of ketones is 1. The van der Waals surface area contributed by atoms with Crippen LogP contribution in [0.25, 0.3) is 0 Å². The highest BCUT2D eigenvalue weighted by Crippen LogP contribution is 2.25. The summed E-state index contributed by atoms with van der Waals surface area (Å²) in [7, 11) is 0. The van der Waals surface area contributed by atoms with Crippen LogP contribution < -0.4 is 0 Å². The largest absolute Gasteiger partial charge is 0.300 e. The molecule has 0 spiro atoms. The molecule has 3 rings (SSSR count). The number of Topliss-reactive ketones (excluding diaryl/α,β-unsaturated/α-hetero) is 1. The Bertz CT molecular complexity index is 170. The van der Waals surface area contributed by atoms with Crippen LogP contribution in [0.15, 0.2) is 10.2 Å². The minimum absolute atomic E-state index is 0.228. The van der Waals surface area contributed by atoms with E-state index in [9.17, 15) is 4.79 Å². The predicted molar refractivity (Wildman–Crippen MR) is 35.9 cm³/mol. The molecule has 1 saturated carbocycles. The molecule has 0 saturated heterocycles. The number of hydrogen-bond donors (Lipinski definition) is 0. The quantitative estimate of drug-likeness (QED) is 0.498. The van der Waals surface area contributed by atoms with Crippen molar-refractivity contribution in [2.24, 2.45) is 10.2 Å². The highest BCUT2D eigenvalue weighted by molar-refractivity contribution is 5.80. The summed E-state index contributed by atoms with van der Waals surface area (Å²) in [6, 6.07) is 0.456. The molecule has 0 aromatic carbocycles. The third-order valence-electron chi connectivity index (χ3n) is 2.15. The molecule has 54 valence electrons. The zero-order chi connectivity index (χ0) is 6.97. The Kier molecular flexibility index (Phi) is 1.29. The van der Waals surface area contributed by atoms with Gasteiger partial charge in [-0.25, -0.2) is 0 Å². The average molecular weight is 138 g/mol. The Balaban J connectivity index is 2.21. The van der Waals surface area contributed by atoms with E-state index in [1.165, 1.54) is 0 Å². The van der Waals surface area contributed by atoms with E-state index in [1.807, 2.05) is 0 Å². The first kappa shape index (κ1) is 6.01. The normalized spacial score (nSPS) is 38.2. The van der Waals surface area contributed by atoms with Crippen molar-refractivity contribution in [2.75, 3.05) is 0 Å². The molecule has 2 atom stereocenters. The van der Waals surface area contributed by atoms with Crippen molar-refractivity contribution in [3.05, 3.63) is 0 Å². The smallest absolute Gasteiger partial charge is 0.137 e. The molecule has 2 heterocycles. The van der Waals surface area contributed by atoms with Gasteiger partial charge in [-0.15, -0.1) is 0 Å². The van der Waals surface area contributed by atoms with Crippen LogP contribution in [0.5, 0.6) is 0 Å². The summed E-state index contributed by atoms with van der Waals surface area (Å²) in [5.74, 6) is 0.345. The molecule has 3 nitrogen and oxygen atoms in total. The molecule has 0 aromatic rings. The summed E-state index contributed by atoms with van der Waals surface area (Å²) < 4.78 is 0. The highest BCUT2D eigenvalue weighted by Gasteiger charge is 2.27. The Morgan fingerprint density at radius 3 is 2.00 bits per heavy atom. The van der Waals surface area contributed by atoms with Gasteiger partial charge in [0.05, 0.1) is 12.1 Å². The number of hydrogen-bond acceptors (Lipinski definition) is 3. The van der Waals surface area contributed by atoms with E-state index in [0.29, 0.717) is 18.6 Å². The van der Waals surface area contributed by atoms with Gasteiger partial charge in [-0.05, 0) is 12.8 Å². The Morgan fingerprint density at radius 1 is 1.10 bits per heavy atom. The summed E-state index contributed by atoms with van der Waals surface area (Å²) in [6.45, 7) is 0. The number of rotatable bonds is 0. The van der Waals surface area contributed by atoms with Gasteiger partial charge in [0.1, 0.15) is 5.78 Å². The maximum Gasteiger partial charge on any atom is 0.137 e. The lowest BCUT2D eigenvalue weighted by Crippen LogP contribution is -2.09. The molecule has 3 heteroatoms. The first-order chi connectivity index (χ1) is 4.84. The van der Waals surface area contributed by atoms with E-state index >= 15 is 0 Å². The summed E-state index contributed by atoms with van der Waals surface area (Å²) in [4.78, 5) is 11.0. The lowest BCUT2D eigenvalue weighted by Gasteiger charge is -2.12. The second-order valence-corrected chi connectivity index (χ2v) is 3.06. The van der Waals surface area contributed by atoms with E-state index in [4.69, 9.17) is 0 Å². The first-order valence-corrected chi connectivity index (χ1v) is 3.76. The van der Waals surface area contributed by atoms with Gasteiger partial charge in [0.25, 0.3) is 0 Å². The van der Waals surface area contributed by atoms with Crippen molar-refractivity contribution in [3.63, 3.8) is 0 Å². The van der Waals surface area contributed by atoms with Crippen LogP contribution in [0.1, 0.15) is 25.7 Å². The molecule has 2 bridgehead atoms. The van der Waals surface area contributed by atoms with Crippen molar-refractivity contribution >= 4 is 5.78 Å². The highest BCUT2D eigenvalue weighted by atomic mass is 16.1. The second-order valence-electron chi connectivity index (χ2n) is 3.06. The van der Waals surface area contributed by atoms with E-state index in [0.717, 1.165) is 12.8 Å². The topological polar surface area (TPSA) is 41.8 Å². The Labute approximate surface area is 59.5 Å². The molecule has 0 radical (unpaired) electrons. The van der Waals surface area contributed by atoms with Gasteiger partial charge in [0.15, 0.2) is 0 Å². The van der Waals surface area contributed by atoms with E-state index in [1.54, 1.807) is 0 Å². The SMILES string of the molecule is O=C1CC2CCC(C1)N=N2. The Morgan fingerprint density at radius 2 is 1.60 bits per heavy atom. The number of azo groups is 1. The van der Waals surface area contributed by atoms with Gasteiger partial charge < -0.3 is 0 Å². The minimum Gasteiger partial charge on any atom is -0.300 e. The molecular weight excluding hydrogens is 128 g/mol. The van der Waals surface area contributed by atoms with Crippen molar-refractivity contribution in [2.45, 2.75) is 37.8 Å². The van der Waals surface area contributed by atoms with Crippen LogP contribution >= 0.6 is 0 Å². The monoisotopic (exact) mass is 138 g/mol. The number of carbonyl (C=O) groups is 1. The zero-order valence-electron chi connectivity index (χ0n) is 5.79. The molecule has 0 aromatic heterocycles. The summed E-state index contributed by atoms with van der Waals surface area (Å²) >= 11 is 0. The molecule has 2 aliphatic heterocycles. The second kappa shape index (κ2) is 2.15. The van der Waals surface area contributed by atoms with Gasteiger partial charge in [-0.2, -0.15) is 10.2 Å². The third-order valence-corrected chi connectivity index (χ3v) is 2.15. The molecular formula is C7H10N2O. The molecule has 2 unspecified atom stereocenters. The van der Waals surface area contributed by atoms with Crippen LogP contribution in [-0.4, -0.2) is 17.9 Å². The lowest BCUT2D eigenvalue weighted by atomic mass is 10.1. The third kappa shape index (κ3) is 0.958. The van der Waals surface area contributed by atoms with Crippen LogP contribution in [0, 0.1) is 0 Å². The first-order valence-electron chi connectivity index (χ1n) is 3.76. The van der Waals surface area contributed by atoms with Crippen LogP contribution in [0.3, 0.4) is 0 Å². The standard InChI is InChI=1S/C7H10N2O/c10-7-3-5-1-2-6(4-7)9-8-5/h5-6H,1-4H2. The van der Waals surface area contributed by atoms with Gasteiger partial charge in [0.2, 0.25) is 0 Å². The fourth-order valence-electron chi connectivity index (χ4n) is 1.58. The van der Waals surface area contributed by atoms with Crippen molar-refractivity contribution in [1.82, 2.24) is 0 Å². The van der Waals surface area contributed by atoms with Crippen molar-refractivity contribution < 1.29 is 4.79 Å². The molecule has 1 aliphatic carbocycles. The fraction of sp³-hybridized carbons (Fsp3) is 0.857. The molecule has 0 N–H and O–H groups in total. The van der Waals surface area contributed by atoms with Crippen LogP contribution in [0.2, 0.25) is 0 Å². The average Bonchev–Trinajstić information content (AvgIpc) is 2.17. The maximum atomic E-state index is 11.0.